The van der Waals surface area contributed by atoms with Crippen molar-refractivity contribution in [1.82, 2.24) is 14.9 Å². The molecule has 0 aliphatic carbocycles. The van der Waals surface area contributed by atoms with Crippen molar-refractivity contribution in [1.29, 1.82) is 0 Å². The molecule has 0 unspecified atom stereocenters. The maximum Gasteiger partial charge on any atom is 0.270 e. The van der Waals surface area contributed by atoms with Crippen LogP contribution in [0.15, 0.2) is 53.7 Å². The smallest absolute Gasteiger partial charge is 0.270 e. The molecule has 0 bridgehead atoms. The van der Waals surface area contributed by atoms with Gasteiger partial charge in [0, 0.05) is 25.0 Å². The molecule has 0 atom stereocenters. The van der Waals surface area contributed by atoms with Crippen LogP contribution in [0.2, 0.25) is 5.02 Å². The van der Waals surface area contributed by atoms with Gasteiger partial charge in [0.25, 0.3) is 5.91 Å². The van der Waals surface area contributed by atoms with Crippen molar-refractivity contribution in [2.24, 2.45) is 4.99 Å². The number of rotatable bonds is 8. The first-order chi connectivity index (χ1) is 17.4. The van der Waals surface area contributed by atoms with Gasteiger partial charge in [0.1, 0.15) is 22.8 Å². The maximum atomic E-state index is 14.7. The molecule has 2 aliphatic heterocycles. The van der Waals surface area contributed by atoms with Gasteiger partial charge >= 0.3 is 0 Å². The largest absolute Gasteiger partial charge is 0.494 e. The molecule has 2 aromatic carbocycles. The predicted octanol–water partition coefficient (Wildman–Crippen LogP) is 4.18. The predicted molar refractivity (Wildman–Crippen MR) is 138 cm³/mol. The fourth-order valence-electron chi connectivity index (χ4n) is 4.07. The number of carbonyl (C=O) groups is 1. The minimum absolute atomic E-state index is 0.0355. The number of nitrogens with zero attached hydrogens (tertiary/aromatic N) is 6. The number of aromatic nitrogens is 2. The van der Waals surface area contributed by atoms with Gasteiger partial charge in [-0.1, -0.05) is 17.7 Å². The first-order valence-electron chi connectivity index (χ1n) is 11.5. The number of hydrogen-bond donors (Lipinski definition) is 1. The minimum Gasteiger partial charge on any atom is -0.494 e. The van der Waals surface area contributed by atoms with Crippen molar-refractivity contribution in [3.63, 3.8) is 0 Å². The van der Waals surface area contributed by atoms with Crippen LogP contribution in [0, 0.1) is 5.82 Å². The monoisotopic (exact) mass is 509 g/mol. The summed E-state index contributed by atoms with van der Waals surface area (Å²) in [6.07, 6.45) is 2.38. The molecule has 36 heavy (non-hydrogen) atoms. The Morgan fingerprint density at radius 1 is 1.19 bits per heavy atom. The zero-order valence-corrected chi connectivity index (χ0v) is 20.7. The highest BCUT2D eigenvalue weighted by Crippen LogP contribution is 2.37. The van der Waals surface area contributed by atoms with Crippen molar-refractivity contribution in [2.75, 3.05) is 55.5 Å². The van der Waals surface area contributed by atoms with Crippen molar-refractivity contribution in [3.8, 4) is 5.75 Å². The van der Waals surface area contributed by atoms with Crippen LogP contribution >= 0.6 is 11.6 Å². The van der Waals surface area contributed by atoms with E-state index in [0.29, 0.717) is 37.4 Å². The molecule has 0 saturated heterocycles. The number of anilines is 4. The Bertz CT molecular complexity index is 1300. The fourth-order valence-corrected chi connectivity index (χ4v) is 4.31. The van der Waals surface area contributed by atoms with Crippen LogP contribution in [0.1, 0.15) is 16.8 Å². The van der Waals surface area contributed by atoms with Gasteiger partial charge in [-0.25, -0.2) is 14.3 Å². The standard InChI is InChI=1S/C25H25ClFN7O2/c1-32(2)12-4-14-36-17-9-7-16(8-10-17)30-24-29-15-18-22(31-24)33-13-11-28-25(33)34(23(18)35)21-19(26)5-3-6-20(21)27/h3,5-10,15H,4,11-14H2,1-2H3,(H,29,30,31). The Morgan fingerprint density at radius 3 is 2.75 bits per heavy atom. The second-order valence-electron chi connectivity index (χ2n) is 8.63. The van der Waals surface area contributed by atoms with Gasteiger partial charge in [-0.15, -0.1) is 0 Å². The van der Waals surface area contributed by atoms with Crippen molar-refractivity contribution >= 4 is 46.6 Å². The number of fused-ring (bicyclic) bond motifs is 3. The first-order valence-corrected chi connectivity index (χ1v) is 11.9. The minimum atomic E-state index is -0.613. The lowest BCUT2D eigenvalue weighted by molar-refractivity contribution is 0.0999. The van der Waals surface area contributed by atoms with Gasteiger partial charge in [0.05, 0.1) is 18.2 Å². The Balaban J connectivity index is 1.35. The normalized spacial score (nSPS) is 14.6. The highest BCUT2D eigenvalue weighted by atomic mass is 35.5. The van der Waals surface area contributed by atoms with E-state index in [-0.39, 0.29) is 16.3 Å². The van der Waals surface area contributed by atoms with Gasteiger partial charge in [-0.05, 0) is 56.9 Å². The highest BCUT2D eigenvalue weighted by molar-refractivity contribution is 6.38. The Morgan fingerprint density at radius 2 is 2.00 bits per heavy atom. The first kappa shape index (κ1) is 24.0. The van der Waals surface area contributed by atoms with Gasteiger partial charge < -0.3 is 15.0 Å². The molecule has 11 heteroatoms. The number of amides is 1. The third-order valence-corrected chi connectivity index (χ3v) is 6.07. The topological polar surface area (TPSA) is 86.2 Å². The van der Waals surface area contributed by atoms with Gasteiger partial charge in [-0.3, -0.25) is 14.7 Å². The zero-order valence-electron chi connectivity index (χ0n) is 19.9. The van der Waals surface area contributed by atoms with E-state index in [0.717, 1.165) is 24.4 Å². The summed E-state index contributed by atoms with van der Waals surface area (Å²) in [7, 11) is 4.07. The summed E-state index contributed by atoms with van der Waals surface area (Å²) < 4.78 is 20.5. The molecule has 3 heterocycles. The van der Waals surface area contributed by atoms with E-state index in [2.05, 4.69) is 25.2 Å². The number of guanidine groups is 1. The molecule has 5 rings (SSSR count). The van der Waals surface area contributed by atoms with Crippen molar-refractivity contribution in [2.45, 2.75) is 6.42 Å². The summed E-state index contributed by atoms with van der Waals surface area (Å²) in [5.41, 5.74) is 0.974. The van der Waals surface area contributed by atoms with Crippen molar-refractivity contribution < 1.29 is 13.9 Å². The van der Waals surface area contributed by atoms with Gasteiger partial charge in [0.15, 0.2) is 5.82 Å². The number of aliphatic imine (C=N–C) groups is 1. The molecule has 1 amide bonds. The molecule has 9 nitrogen and oxygen atoms in total. The number of benzene rings is 2. The van der Waals surface area contributed by atoms with Crippen LogP contribution in [0.25, 0.3) is 0 Å². The van der Waals surface area contributed by atoms with Crippen LogP contribution in [-0.4, -0.2) is 67.1 Å². The zero-order chi connectivity index (χ0) is 25.2. The fraction of sp³-hybridized carbons (Fsp3) is 0.280. The van der Waals surface area contributed by atoms with Gasteiger partial charge in [-0.2, -0.15) is 4.98 Å². The number of halogens is 2. The molecule has 2 aliphatic rings. The van der Waals surface area contributed by atoms with E-state index in [1.807, 2.05) is 38.4 Å². The van der Waals surface area contributed by atoms with Gasteiger partial charge in [0.2, 0.25) is 11.9 Å². The van der Waals surface area contributed by atoms with Crippen LogP contribution in [0.3, 0.4) is 0 Å². The van der Waals surface area contributed by atoms with E-state index in [1.165, 1.54) is 29.3 Å². The molecule has 3 aromatic rings. The lowest BCUT2D eigenvalue weighted by Gasteiger charge is -2.35. The second kappa shape index (κ2) is 10.1. The number of ether oxygens (including phenoxy) is 1. The summed E-state index contributed by atoms with van der Waals surface area (Å²) in [5, 5.41) is 3.28. The van der Waals surface area contributed by atoms with Crippen LogP contribution in [0.4, 0.5) is 27.5 Å². The van der Waals surface area contributed by atoms with Crippen LogP contribution < -0.4 is 19.9 Å². The molecule has 186 valence electrons. The summed E-state index contributed by atoms with van der Waals surface area (Å²) >= 11 is 6.26. The van der Waals surface area contributed by atoms with Crippen molar-refractivity contribution in [3.05, 3.63) is 65.1 Å². The summed E-state index contributed by atoms with van der Waals surface area (Å²) in [5.74, 6) is 0.707. The average Bonchev–Trinajstić information content (AvgIpc) is 3.34. The van der Waals surface area contributed by atoms with Crippen LogP contribution in [-0.2, 0) is 0 Å². The molecule has 1 N–H and O–H groups in total. The molecule has 0 fully saturated rings. The SMILES string of the molecule is CN(C)CCCOc1ccc(Nc2ncc3c(n2)N2CCN=C2N(c2c(F)cccc2Cl)C3=O)cc1. The van der Waals surface area contributed by atoms with E-state index in [1.54, 1.807) is 4.90 Å². The molecular weight excluding hydrogens is 485 g/mol. The summed E-state index contributed by atoms with van der Waals surface area (Å²) in [6.45, 7) is 2.54. The highest BCUT2D eigenvalue weighted by Gasteiger charge is 2.41. The molecule has 1 aromatic heterocycles. The lowest BCUT2D eigenvalue weighted by Crippen LogP contribution is -2.51. The molecule has 0 radical (unpaired) electrons. The molecule has 0 spiro atoms. The number of carbonyl (C=O) groups excluding carboxylic acids is 1. The number of para-hydroxylation sites is 1. The molecule has 0 saturated carbocycles. The third kappa shape index (κ3) is 4.69. The second-order valence-corrected chi connectivity index (χ2v) is 9.04. The van der Waals surface area contributed by atoms with E-state index in [9.17, 15) is 9.18 Å². The Labute approximate surface area is 213 Å². The average molecular weight is 510 g/mol. The third-order valence-electron chi connectivity index (χ3n) is 5.77. The lowest BCUT2D eigenvalue weighted by atomic mass is 10.1. The Hall–Kier alpha value is -3.76. The maximum absolute atomic E-state index is 14.7. The van der Waals surface area contributed by atoms with E-state index in [4.69, 9.17) is 16.3 Å². The molecular formula is C25H25ClFN7O2. The Kier molecular flexibility index (Phi) is 6.71. The van der Waals surface area contributed by atoms with E-state index >= 15 is 0 Å². The summed E-state index contributed by atoms with van der Waals surface area (Å²) in [4.78, 5) is 31.8. The van der Waals surface area contributed by atoms with Crippen LogP contribution in [0.5, 0.6) is 5.75 Å². The summed E-state index contributed by atoms with van der Waals surface area (Å²) in [6, 6.07) is 11.8. The number of nitrogens with one attached hydrogen (secondary N) is 1. The quantitative estimate of drug-likeness (QED) is 0.456. The van der Waals surface area contributed by atoms with E-state index < -0.39 is 11.7 Å². The number of hydrogen-bond acceptors (Lipinski definition) is 8.